The molecule has 0 unspecified atom stereocenters. The van der Waals surface area contributed by atoms with Gasteiger partial charge in [-0.25, -0.2) is 4.98 Å². The third-order valence-corrected chi connectivity index (χ3v) is 4.13. The molecule has 0 spiro atoms. The largest absolute Gasteiger partial charge is 0.481 e. The van der Waals surface area contributed by atoms with Gasteiger partial charge in [-0.1, -0.05) is 0 Å². The summed E-state index contributed by atoms with van der Waals surface area (Å²) in [4.78, 5) is 28.8. The number of rotatable bonds is 4. The summed E-state index contributed by atoms with van der Waals surface area (Å²) in [6.45, 7) is 5.04. The van der Waals surface area contributed by atoms with Crippen molar-refractivity contribution < 1.29 is 14.7 Å². The summed E-state index contributed by atoms with van der Waals surface area (Å²) in [5, 5.41) is 14.1. The average molecular weight is 283 g/mol. The summed E-state index contributed by atoms with van der Waals surface area (Å²) in [6, 6.07) is 0. The maximum Gasteiger partial charge on any atom is 0.303 e. The lowest BCUT2D eigenvalue weighted by Crippen LogP contribution is -2.62. The van der Waals surface area contributed by atoms with Crippen LogP contribution < -0.4 is 10.2 Å². The molecule has 104 valence electrons. The van der Waals surface area contributed by atoms with E-state index in [4.69, 9.17) is 5.11 Å². The number of piperazine rings is 1. The third-order valence-electron chi connectivity index (χ3n) is 3.22. The van der Waals surface area contributed by atoms with Crippen molar-refractivity contribution in [3.05, 3.63) is 11.1 Å². The van der Waals surface area contributed by atoms with Crippen LogP contribution in [0.2, 0.25) is 0 Å². The van der Waals surface area contributed by atoms with Gasteiger partial charge >= 0.3 is 5.97 Å². The van der Waals surface area contributed by atoms with Crippen molar-refractivity contribution >= 4 is 28.3 Å². The molecule has 0 bridgehead atoms. The normalized spacial score (nSPS) is 18.2. The predicted octanol–water partition coefficient (Wildman–Crippen LogP) is 0.875. The Labute approximate surface area is 115 Å². The molecule has 7 heteroatoms. The van der Waals surface area contributed by atoms with Crippen molar-refractivity contribution in [3.8, 4) is 0 Å². The molecule has 0 aromatic carbocycles. The fourth-order valence-corrected chi connectivity index (χ4v) is 3.03. The number of thiazole rings is 1. The molecule has 1 fully saturated rings. The zero-order chi connectivity index (χ0) is 14.0. The zero-order valence-corrected chi connectivity index (χ0v) is 11.8. The number of anilines is 1. The number of carboxylic acid groups (broad SMARTS) is 1. The van der Waals surface area contributed by atoms with Crippen LogP contribution in [0.1, 0.15) is 26.0 Å². The van der Waals surface area contributed by atoms with Crippen LogP contribution in [-0.4, -0.2) is 40.6 Å². The number of carbonyl (C=O) groups is 2. The Hall–Kier alpha value is -1.63. The van der Waals surface area contributed by atoms with Crippen molar-refractivity contribution in [1.29, 1.82) is 0 Å². The molecule has 1 aromatic rings. The molecule has 1 amide bonds. The second-order valence-electron chi connectivity index (χ2n) is 4.98. The number of nitrogens with one attached hydrogen (secondary N) is 1. The fraction of sp³-hybridized carbons (Fsp3) is 0.583. The third kappa shape index (κ3) is 2.86. The highest BCUT2D eigenvalue weighted by Gasteiger charge is 2.38. The van der Waals surface area contributed by atoms with Crippen molar-refractivity contribution in [2.45, 2.75) is 32.2 Å². The molecule has 2 N–H and O–H groups in total. The minimum Gasteiger partial charge on any atom is -0.481 e. The van der Waals surface area contributed by atoms with Gasteiger partial charge in [0.1, 0.15) is 5.54 Å². The molecule has 0 aliphatic carbocycles. The van der Waals surface area contributed by atoms with Crippen molar-refractivity contribution in [2.24, 2.45) is 0 Å². The summed E-state index contributed by atoms with van der Waals surface area (Å²) < 4.78 is 0. The molecule has 0 radical (unpaired) electrons. The van der Waals surface area contributed by atoms with E-state index in [1.54, 1.807) is 0 Å². The maximum absolute atomic E-state index is 11.9. The van der Waals surface area contributed by atoms with Crippen LogP contribution in [0.15, 0.2) is 5.38 Å². The second-order valence-corrected chi connectivity index (χ2v) is 5.82. The zero-order valence-electron chi connectivity index (χ0n) is 11.0. The lowest BCUT2D eigenvalue weighted by atomic mass is 10.00. The van der Waals surface area contributed by atoms with E-state index in [0.29, 0.717) is 19.5 Å². The molecule has 1 aromatic heterocycles. The van der Waals surface area contributed by atoms with Crippen LogP contribution in [0.3, 0.4) is 0 Å². The quantitative estimate of drug-likeness (QED) is 0.857. The van der Waals surface area contributed by atoms with Crippen molar-refractivity contribution in [2.75, 3.05) is 18.0 Å². The molecule has 1 aliphatic rings. The van der Waals surface area contributed by atoms with Gasteiger partial charge in [0.25, 0.3) is 0 Å². The summed E-state index contributed by atoms with van der Waals surface area (Å²) in [5.74, 6) is -0.840. The number of carbonyl (C=O) groups excluding carboxylic acids is 1. The molecule has 0 saturated carbocycles. The highest BCUT2D eigenvalue weighted by molar-refractivity contribution is 7.13. The number of aromatic nitrogens is 1. The summed E-state index contributed by atoms with van der Waals surface area (Å²) in [7, 11) is 0. The second kappa shape index (κ2) is 5.16. The van der Waals surface area contributed by atoms with E-state index in [0.717, 1.165) is 10.8 Å². The molecular formula is C12H17N3O3S. The number of amides is 1. The van der Waals surface area contributed by atoms with Gasteiger partial charge in [0, 0.05) is 24.9 Å². The molecule has 2 rings (SSSR count). The number of hydrogen-bond donors (Lipinski definition) is 2. The Kier molecular flexibility index (Phi) is 3.75. The van der Waals surface area contributed by atoms with Gasteiger partial charge in [-0.05, 0) is 13.8 Å². The average Bonchev–Trinajstić information content (AvgIpc) is 2.78. The van der Waals surface area contributed by atoms with Gasteiger partial charge in [0.05, 0.1) is 12.1 Å². The minimum absolute atomic E-state index is 0.0129. The van der Waals surface area contributed by atoms with Crippen LogP contribution in [-0.2, 0) is 16.0 Å². The van der Waals surface area contributed by atoms with Crippen LogP contribution in [0.25, 0.3) is 0 Å². The van der Waals surface area contributed by atoms with E-state index in [9.17, 15) is 9.59 Å². The van der Waals surface area contributed by atoms with Gasteiger partial charge in [-0.2, -0.15) is 0 Å². The van der Waals surface area contributed by atoms with Crippen molar-refractivity contribution in [3.63, 3.8) is 0 Å². The maximum atomic E-state index is 11.9. The van der Waals surface area contributed by atoms with E-state index in [-0.39, 0.29) is 12.3 Å². The molecule has 2 heterocycles. The number of carboxylic acids is 1. The van der Waals surface area contributed by atoms with Gasteiger partial charge < -0.3 is 15.3 Å². The van der Waals surface area contributed by atoms with E-state index in [1.165, 1.54) is 11.3 Å². The first kappa shape index (κ1) is 13.8. The lowest BCUT2D eigenvalue weighted by Gasteiger charge is -2.41. The Morgan fingerprint density at radius 2 is 2.37 bits per heavy atom. The van der Waals surface area contributed by atoms with E-state index in [2.05, 4.69) is 10.3 Å². The van der Waals surface area contributed by atoms with Crippen LogP contribution in [0, 0.1) is 0 Å². The van der Waals surface area contributed by atoms with E-state index >= 15 is 0 Å². The van der Waals surface area contributed by atoms with Gasteiger partial charge in [0.2, 0.25) is 5.91 Å². The molecular weight excluding hydrogens is 266 g/mol. The predicted molar refractivity (Wildman–Crippen MR) is 72.5 cm³/mol. The molecule has 1 saturated heterocycles. The Bertz CT molecular complexity index is 498. The number of nitrogens with zero attached hydrogens (tertiary/aromatic N) is 2. The van der Waals surface area contributed by atoms with Gasteiger partial charge in [-0.3, -0.25) is 9.59 Å². The Morgan fingerprint density at radius 1 is 1.63 bits per heavy atom. The summed E-state index contributed by atoms with van der Waals surface area (Å²) >= 11 is 1.45. The standard InChI is InChI=1S/C12H17N3O3S/c1-12(2)10(18)13-5-6-15(12)11-14-8(7-19-11)3-4-9(16)17/h7H,3-6H2,1-2H3,(H,13,18)(H,16,17). The first-order chi connectivity index (χ1) is 8.91. The minimum atomic E-state index is -0.827. The first-order valence-electron chi connectivity index (χ1n) is 6.13. The number of hydrogen-bond acceptors (Lipinski definition) is 5. The lowest BCUT2D eigenvalue weighted by molar-refractivity contribution is -0.137. The monoisotopic (exact) mass is 283 g/mol. The van der Waals surface area contributed by atoms with Crippen molar-refractivity contribution in [1.82, 2.24) is 10.3 Å². The van der Waals surface area contributed by atoms with Crippen LogP contribution in [0.5, 0.6) is 0 Å². The number of aliphatic carboxylic acids is 1. The smallest absolute Gasteiger partial charge is 0.303 e. The number of aryl methyl sites for hydroxylation is 1. The van der Waals surface area contributed by atoms with Gasteiger partial charge in [0.15, 0.2) is 5.13 Å². The van der Waals surface area contributed by atoms with E-state index in [1.807, 2.05) is 24.1 Å². The topological polar surface area (TPSA) is 82.5 Å². The summed E-state index contributed by atoms with van der Waals surface area (Å²) in [6.07, 6.45) is 0.499. The Morgan fingerprint density at radius 3 is 3.05 bits per heavy atom. The SMILES string of the molecule is CC1(C)C(=O)NCCN1c1nc(CCC(=O)O)cs1. The van der Waals surface area contributed by atoms with Crippen LogP contribution in [0.4, 0.5) is 5.13 Å². The molecule has 0 atom stereocenters. The first-order valence-corrected chi connectivity index (χ1v) is 7.01. The highest BCUT2D eigenvalue weighted by Crippen LogP contribution is 2.29. The summed E-state index contributed by atoms with van der Waals surface area (Å²) in [5.41, 5.74) is 0.143. The van der Waals surface area contributed by atoms with Gasteiger partial charge in [-0.15, -0.1) is 11.3 Å². The van der Waals surface area contributed by atoms with Crippen LogP contribution >= 0.6 is 11.3 Å². The Balaban J connectivity index is 2.13. The highest BCUT2D eigenvalue weighted by atomic mass is 32.1. The van der Waals surface area contributed by atoms with E-state index < -0.39 is 11.5 Å². The molecule has 1 aliphatic heterocycles. The molecule has 19 heavy (non-hydrogen) atoms. The molecule has 6 nitrogen and oxygen atoms in total. The fourth-order valence-electron chi connectivity index (χ4n) is 2.00.